The first kappa shape index (κ1) is 9.68. The molecule has 1 aliphatic heterocycles. The van der Waals surface area contributed by atoms with Crippen molar-refractivity contribution in [2.45, 2.75) is 51.6 Å². The predicted molar refractivity (Wildman–Crippen MR) is 57.2 cm³/mol. The van der Waals surface area contributed by atoms with Crippen LogP contribution in [-0.2, 0) is 9.53 Å². The summed E-state index contributed by atoms with van der Waals surface area (Å²) in [5, 5.41) is 0. The number of esters is 1. The molecule has 4 atom stereocenters. The minimum atomic E-state index is -0.0956. The number of ether oxygens (including phenoxy) is 1. The summed E-state index contributed by atoms with van der Waals surface area (Å²) < 4.78 is 5.76. The number of carbonyl (C=O) groups is 1. The van der Waals surface area contributed by atoms with E-state index >= 15 is 0 Å². The van der Waals surface area contributed by atoms with Crippen molar-refractivity contribution < 1.29 is 9.53 Å². The fourth-order valence-corrected chi connectivity index (χ4v) is 4.59. The second kappa shape index (κ2) is 2.99. The summed E-state index contributed by atoms with van der Waals surface area (Å²) in [4.78, 5) is 12.0. The molecule has 2 saturated carbocycles. The number of hydrogen-bond donors (Lipinski definition) is 0. The molecule has 0 aromatic carbocycles. The molecule has 0 amide bonds. The third-order valence-electron chi connectivity index (χ3n) is 5.30. The van der Waals surface area contributed by atoms with E-state index in [0.717, 1.165) is 18.8 Å². The Kier molecular flexibility index (Phi) is 1.93. The minimum absolute atomic E-state index is 0.0956. The summed E-state index contributed by atoms with van der Waals surface area (Å²) in [5.41, 5.74) is -0.0956. The van der Waals surface area contributed by atoms with Crippen LogP contribution in [0.1, 0.15) is 46.0 Å². The largest absolute Gasteiger partial charge is 0.459 e. The van der Waals surface area contributed by atoms with Crippen molar-refractivity contribution in [3.63, 3.8) is 0 Å². The molecule has 84 valence electrons. The lowest BCUT2D eigenvalue weighted by atomic mass is 9.70. The average Bonchev–Trinajstić information content (AvgIpc) is 2.90. The highest BCUT2D eigenvalue weighted by Crippen LogP contribution is 2.61. The maximum Gasteiger partial charge on any atom is 0.310 e. The second-order valence-corrected chi connectivity index (χ2v) is 5.58. The Balaban J connectivity index is 1.99. The van der Waals surface area contributed by atoms with Crippen LogP contribution >= 0.6 is 0 Å². The molecule has 2 nitrogen and oxygen atoms in total. The molecule has 2 aliphatic carbocycles. The van der Waals surface area contributed by atoms with E-state index in [0.29, 0.717) is 11.8 Å². The third kappa shape index (κ3) is 1.03. The molecule has 3 rings (SSSR count). The molecule has 0 aromatic rings. The van der Waals surface area contributed by atoms with Gasteiger partial charge < -0.3 is 4.74 Å². The highest BCUT2D eigenvalue weighted by molar-refractivity contribution is 5.77. The summed E-state index contributed by atoms with van der Waals surface area (Å²) >= 11 is 0. The third-order valence-corrected chi connectivity index (χ3v) is 5.30. The van der Waals surface area contributed by atoms with Gasteiger partial charge in [0.2, 0.25) is 0 Å². The Hall–Kier alpha value is -0.530. The van der Waals surface area contributed by atoms with Gasteiger partial charge in [-0.25, -0.2) is 0 Å². The van der Waals surface area contributed by atoms with Crippen molar-refractivity contribution in [1.29, 1.82) is 0 Å². The lowest BCUT2D eigenvalue weighted by Crippen LogP contribution is -2.38. The molecule has 2 heteroatoms. The van der Waals surface area contributed by atoms with Gasteiger partial charge in [0.25, 0.3) is 0 Å². The van der Waals surface area contributed by atoms with Gasteiger partial charge in [-0.15, -0.1) is 0 Å². The minimum Gasteiger partial charge on any atom is -0.459 e. The van der Waals surface area contributed by atoms with Gasteiger partial charge in [0, 0.05) is 5.92 Å². The molecule has 0 radical (unpaired) electrons. The highest BCUT2D eigenvalue weighted by Gasteiger charge is 2.64. The van der Waals surface area contributed by atoms with Gasteiger partial charge in [-0.05, 0) is 43.9 Å². The monoisotopic (exact) mass is 208 g/mol. The molecule has 0 aromatic heterocycles. The van der Waals surface area contributed by atoms with Crippen molar-refractivity contribution in [2.24, 2.45) is 23.7 Å². The van der Waals surface area contributed by atoms with Crippen LogP contribution in [0.2, 0.25) is 0 Å². The SMILES string of the molecule is CCC1(CC)OC(=O)C2C3CCC(C3)C21. The average molecular weight is 208 g/mol. The molecular weight excluding hydrogens is 188 g/mol. The van der Waals surface area contributed by atoms with E-state index in [-0.39, 0.29) is 17.5 Å². The zero-order valence-electron chi connectivity index (χ0n) is 9.66. The first-order valence-corrected chi connectivity index (χ1v) is 6.44. The van der Waals surface area contributed by atoms with Crippen LogP contribution in [0.25, 0.3) is 0 Å². The van der Waals surface area contributed by atoms with Gasteiger partial charge in [-0.3, -0.25) is 4.79 Å². The molecular formula is C13H20O2. The molecule has 3 fully saturated rings. The summed E-state index contributed by atoms with van der Waals surface area (Å²) in [7, 11) is 0. The second-order valence-electron chi connectivity index (χ2n) is 5.58. The molecule has 1 heterocycles. The van der Waals surface area contributed by atoms with Gasteiger partial charge in [0.15, 0.2) is 0 Å². The van der Waals surface area contributed by atoms with Crippen molar-refractivity contribution in [3.8, 4) is 0 Å². The summed E-state index contributed by atoms with van der Waals surface area (Å²) in [6.45, 7) is 4.34. The Morgan fingerprint density at radius 1 is 1.27 bits per heavy atom. The van der Waals surface area contributed by atoms with Crippen molar-refractivity contribution in [1.82, 2.24) is 0 Å². The van der Waals surface area contributed by atoms with Crippen LogP contribution in [0.5, 0.6) is 0 Å². The molecule has 3 aliphatic rings. The van der Waals surface area contributed by atoms with Gasteiger partial charge in [0.05, 0.1) is 5.92 Å². The zero-order chi connectivity index (χ0) is 10.6. The maximum absolute atomic E-state index is 12.0. The van der Waals surface area contributed by atoms with E-state index < -0.39 is 0 Å². The first-order chi connectivity index (χ1) is 7.22. The van der Waals surface area contributed by atoms with Crippen LogP contribution in [0.15, 0.2) is 0 Å². The molecule has 1 saturated heterocycles. The number of cyclic esters (lactones) is 1. The van der Waals surface area contributed by atoms with Gasteiger partial charge >= 0.3 is 5.97 Å². The molecule has 4 unspecified atom stereocenters. The maximum atomic E-state index is 12.0. The van der Waals surface area contributed by atoms with Crippen LogP contribution in [-0.4, -0.2) is 11.6 Å². The van der Waals surface area contributed by atoms with Crippen LogP contribution in [0.4, 0.5) is 0 Å². The van der Waals surface area contributed by atoms with Gasteiger partial charge in [0.1, 0.15) is 5.60 Å². The lowest BCUT2D eigenvalue weighted by Gasteiger charge is -2.35. The smallest absolute Gasteiger partial charge is 0.310 e. The van der Waals surface area contributed by atoms with Crippen LogP contribution in [0, 0.1) is 23.7 Å². The zero-order valence-corrected chi connectivity index (χ0v) is 9.66. The van der Waals surface area contributed by atoms with E-state index in [4.69, 9.17) is 4.74 Å². The van der Waals surface area contributed by atoms with Crippen molar-refractivity contribution >= 4 is 5.97 Å². The van der Waals surface area contributed by atoms with E-state index in [1.807, 2.05) is 0 Å². The molecule has 0 N–H and O–H groups in total. The number of carbonyl (C=O) groups excluding carboxylic acids is 1. The fraction of sp³-hybridized carbons (Fsp3) is 0.923. The lowest BCUT2D eigenvalue weighted by molar-refractivity contribution is -0.153. The van der Waals surface area contributed by atoms with E-state index in [2.05, 4.69) is 13.8 Å². The highest BCUT2D eigenvalue weighted by atomic mass is 16.6. The Bertz CT molecular complexity index is 293. The quantitative estimate of drug-likeness (QED) is 0.652. The van der Waals surface area contributed by atoms with Gasteiger partial charge in [-0.2, -0.15) is 0 Å². The number of fused-ring (bicyclic) bond motifs is 5. The Morgan fingerprint density at radius 2 is 1.93 bits per heavy atom. The fourth-order valence-electron chi connectivity index (χ4n) is 4.59. The van der Waals surface area contributed by atoms with Gasteiger partial charge in [-0.1, -0.05) is 13.8 Å². The summed E-state index contributed by atoms with van der Waals surface area (Å²) in [6, 6.07) is 0. The summed E-state index contributed by atoms with van der Waals surface area (Å²) in [6.07, 6.45) is 5.90. The standard InChI is InChI=1S/C13H20O2/c1-3-13(4-2)11-9-6-5-8(7-9)10(11)12(14)15-13/h8-11H,3-7H2,1-2H3. The molecule has 0 spiro atoms. The molecule has 15 heavy (non-hydrogen) atoms. The number of hydrogen-bond acceptors (Lipinski definition) is 2. The van der Waals surface area contributed by atoms with Crippen LogP contribution < -0.4 is 0 Å². The van der Waals surface area contributed by atoms with Crippen molar-refractivity contribution in [2.75, 3.05) is 0 Å². The molecule has 2 bridgehead atoms. The normalized spacial score (nSPS) is 45.6. The first-order valence-electron chi connectivity index (χ1n) is 6.44. The van der Waals surface area contributed by atoms with E-state index in [1.165, 1.54) is 19.3 Å². The predicted octanol–water partition coefficient (Wildman–Crippen LogP) is 2.76. The van der Waals surface area contributed by atoms with Crippen LogP contribution in [0.3, 0.4) is 0 Å². The number of rotatable bonds is 2. The van der Waals surface area contributed by atoms with Crippen molar-refractivity contribution in [3.05, 3.63) is 0 Å². The van der Waals surface area contributed by atoms with E-state index in [9.17, 15) is 4.79 Å². The van der Waals surface area contributed by atoms with E-state index in [1.54, 1.807) is 0 Å². The topological polar surface area (TPSA) is 26.3 Å². The Labute approximate surface area is 91.4 Å². The summed E-state index contributed by atoms with van der Waals surface area (Å²) in [5.74, 6) is 2.39. The Morgan fingerprint density at radius 3 is 2.60 bits per heavy atom.